The zero-order valence-corrected chi connectivity index (χ0v) is 19.2. The Balaban J connectivity index is 1.84. The highest BCUT2D eigenvalue weighted by Crippen LogP contribution is 2.45. The predicted octanol–water partition coefficient (Wildman–Crippen LogP) is 5.30. The van der Waals surface area contributed by atoms with Crippen molar-refractivity contribution in [3.8, 4) is 46.0 Å². The molecule has 0 aliphatic carbocycles. The van der Waals surface area contributed by atoms with Crippen LogP contribution in [0.15, 0.2) is 28.7 Å². The highest BCUT2D eigenvalue weighted by atomic mass is 79.9. The molecule has 2 heterocycles. The number of nitrogens with zero attached hydrogens (tertiary/aromatic N) is 1. The molecular formula is C21H19BrN2O5S. The summed E-state index contributed by atoms with van der Waals surface area (Å²) in [4.78, 5) is 7.84. The predicted molar refractivity (Wildman–Crippen MR) is 118 cm³/mol. The molecule has 9 heteroatoms. The number of ether oxygens (including phenoxy) is 5. The van der Waals surface area contributed by atoms with E-state index < -0.39 is 0 Å². The van der Waals surface area contributed by atoms with Crippen molar-refractivity contribution < 1.29 is 23.7 Å². The topological polar surface area (TPSA) is 74.8 Å². The number of aromatic nitrogens is 2. The van der Waals surface area contributed by atoms with Gasteiger partial charge in [0.05, 0.1) is 34.0 Å². The molecule has 3 aromatic rings. The van der Waals surface area contributed by atoms with Crippen LogP contribution < -0.4 is 23.7 Å². The fourth-order valence-electron chi connectivity index (χ4n) is 3.39. The molecule has 0 spiro atoms. The number of methoxy groups -OCH3 is 4. The van der Waals surface area contributed by atoms with Gasteiger partial charge in [-0.25, -0.2) is 4.98 Å². The number of rotatable bonds is 5. The van der Waals surface area contributed by atoms with E-state index in [-0.39, 0.29) is 0 Å². The van der Waals surface area contributed by atoms with Gasteiger partial charge in [-0.2, -0.15) is 0 Å². The summed E-state index contributed by atoms with van der Waals surface area (Å²) in [6.45, 7) is 0. The van der Waals surface area contributed by atoms with E-state index in [0.29, 0.717) is 51.5 Å². The third kappa shape index (κ3) is 3.48. The van der Waals surface area contributed by atoms with E-state index in [1.54, 1.807) is 40.6 Å². The molecule has 0 fully saturated rings. The van der Waals surface area contributed by atoms with Gasteiger partial charge in [0, 0.05) is 22.0 Å². The summed E-state index contributed by atoms with van der Waals surface area (Å²) in [5, 5.41) is 0. The van der Waals surface area contributed by atoms with E-state index >= 15 is 0 Å². The number of H-pyrrole nitrogens is 1. The molecule has 2 aromatic carbocycles. The van der Waals surface area contributed by atoms with Crippen LogP contribution in [0.5, 0.6) is 34.6 Å². The van der Waals surface area contributed by atoms with Crippen molar-refractivity contribution in [2.45, 2.75) is 6.42 Å². The van der Waals surface area contributed by atoms with E-state index in [0.717, 1.165) is 21.2 Å². The minimum atomic E-state index is 0.456. The first-order valence-corrected chi connectivity index (χ1v) is 10.2. The maximum absolute atomic E-state index is 6.16. The Morgan fingerprint density at radius 1 is 0.967 bits per heavy atom. The molecule has 0 unspecified atom stereocenters. The molecule has 0 amide bonds. The van der Waals surface area contributed by atoms with Gasteiger partial charge in [-0.05, 0) is 24.3 Å². The lowest BCUT2D eigenvalue weighted by Gasteiger charge is -2.22. The number of hydrogen-bond acceptors (Lipinski definition) is 7. The maximum atomic E-state index is 6.16. The molecular weight excluding hydrogens is 472 g/mol. The molecule has 1 aromatic heterocycles. The van der Waals surface area contributed by atoms with E-state index in [1.807, 2.05) is 12.1 Å². The molecule has 1 N–H and O–H groups in total. The first kappa shape index (κ1) is 20.5. The highest BCUT2D eigenvalue weighted by molar-refractivity contribution is 9.10. The van der Waals surface area contributed by atoms with Crippen LogP contribution in [0.4, 0.5) is 0 Å². The van der Waals surface area contributed by atoms with Crippen molar-refractivity contribution in [1.29, 1.82) is 0 Å². The number of nitrogens with one attached hydrogen (secondary N) is 1. The van der Waals surface area contributed by atoms with Crippen molar-refractivity contribution in [1.82, 2.24) is 9.97 Å². The number of fused-ring (bicyclic) bond motifs is 2. The van der Waals surface area contributed by atoms with E-state index in [2.05, 4.69) is 25.9 Å². The zero-order valence-electron chi connectivity index (χ0n) is 16.8. The molecule has 4 rings (SSSR count). The lowest BCUT2D eigenvalue weighted by Crippen LogP contribution is -2.09. The summed E-state index contributed by atoms with van der Waals surface area (Å²) in [6, 6.07) is 7.45. The first-order chi connectivity index (χ1) is 14.5. The van der Waals surface area contributed by atoms with Crippen LogP contribution in [-0.4, -0.2) is 38.4 Å². The average molecular weight is 491 g/mol. The van der Waals surface area contributed by atoms with Gasteiger partial charge in [0.2, 0.25) is 11.6 Å². The number of benzene rings is 2. The van der Waals surface area contributed by atoms with Gasteiger partial charge < -0.3 is 28.7 Å². The van der Waals surface area contributed by atoms with E-state index in [4.69, 9.17) is 35.9 Å². The molecule has 156 valence electrons. The van der Waals surface area contributed by atoms with Crippen molar-refractivity contribution in [3.63, 3.8) is 0 Å². The zero-order chi connectivity index (χ0) is 21.4. The molecule has 30 heavy (non-hydrogen) atoms. The summed E-state index contributed by atoms with van der Waals surface area (Å²) < 4.78 is 29.3. The van der Waals surface area contributed by atoms with Gasteiger partial charge >= 0.3 is 0 Å². The quantitative estimate of drug-likeness (QED) is 0.380. The number of aromatic amines is 1. The molecule has 7 nitrogen and oxygen atoms in total. The van der Waals surface area contributed by atoms with Gasteiger partial charge in [-0.3, -0.25) is 0 Å². The molecule has 0 atom stereocenters. The standard InChI is InChI=1S/C21H19BrN2O5S/c1-25-14-7-11(8-15(26-2)18(14)28-4)19-23-20-13(21(30)24-19)6-10-5-12(22)9-16(27-3)17(10)29-20/h5,7-9H,6H2,1-4H3,(H,23,24,30). The van der Waals surface area contributed by atoms with Crippen LogP contribution in [0.25, 0.3) is 11.4 Å². The van der Waals surface area contributed by atoms with Crippen LogP contribution in [-0.2, 0) is 6.42 Å². The Labute approximate surface area is 187 Å². The largest absolute Gasteiger partial charge is 0.493 e. The normalized spacial score (nSPS) is 11.8. The Hall–Kier alpha value is -2.78. The summed E-state index contributed by atoms with van der Waals surface area (Å²) in [7, 11) is 6.29. The third-order valence-electron chi connectivity index (χ3n) is 4.80. The van der Waals surface area contributed by atoms with Crippen molar-refractivity contribution in [2.24, 2.45) is 0 Å². The molecule has 0 bridgehead atoms. The minimum Gasteiger partial charge on any atom is -0.493 e. The van der Waals surface area contributed by atoms with Gasteiger partial charge in [-0.1, -0.05) is 28.1 Å². The van der Waals surface area contributed by atoms with Crippen LogP contribution in [0.2, 0.25) is 0 Å². The second kappa shape index (κ2) is 8.16. The van der Waals surface area contributed by atoms with Gasteiger partial charge in [-0.15, -0.1) is 0 Å². The monoisotopic (exact) mass is 490 g/mol. The second-order valence-electron chi connectivity index (χ2n) is 6.49. The van der Waals surface area contributed by atoms with Crippen LogP contribution in [0, 0.1) is 4.64 Å². The summed E-state index contributed by atoms with van der Waals surface area (Å²) in [5.41, 5.74) is 2.50. The summed E-state index contributed by atoms with van der Waals surface area (Å²) >= 11 is 9.08. The minimum absolute atomic E-state index is 0.456. The summed E-state index contributed by atoms with van der Waals surface area (Å²) in [5.74, 6) is 3.88. The highest BCUT2D eigenvalue weighted by Gasteiger charge is 2.25. The Bertz CT molecular complexity index is 1170. The van der Waals surface area contributed by atoms with Gasteiger partial charge in [0.1, 0.15) is 10.5 Å². The second-order valence-corrected chi connectivity index (χ2v) is 7.79. The molecule has 1 aliphatic heterocycles. The molecule has 0 saturated carbocycles. The number of halogens is 1. The SMILES string of the molecule is COc1cc(Br)cc2c1Oc1[nH]c(-c3cc(OC)c(OC)c(OC)c3)nc(=S)c1C2. The lowest BCUT2D eigenvalue weighted by molar-refractivity contribution is 0.324. The van der Waals surface area contributed by atoms with Gasteiger partial charge in [0.15, 0.2) is 23.0 Å². The molecule has 0 radical (unpaired) electrons. The third-order valence-corrected chi connectivity index (χ3v) is 5.60. The van der Waals surface area contributed by atoms with Crippen LogP contribution in [0.3, 0.4) is 0 Å². The van der Waals surface area contributed by atoms with Crippen molar-refractivity contribution in [2.75, 3.05) is 28.4 Å². The van der Waals surface area contributed by atoms with Gasteiger partial charge in [0.25, 0.3) is 0 Å². The average Bonchev–Trinajstić information content (AvgIpc) is 2.76. The Kier molecular flexibility index (Phi) is 5.57. The molecule has 1 aliphatic rings. The van der Waals surface area contributed by atoms with Crippen LogP contribution in [0.1, 0.15) is 11.1 Å². The maximum Gasteiger partial charge on any atom is 0.205 e. The van der Waals surface area contributed by atoms with Crippen LogP contribution >= 0.6 is 28.1 Å². The fraction of sp³-hybridized carbons (Fsp3) is 0.238. The smallest absolute Gasteiger partial charge is 0.205 e. The van der Waals surface area contributed by atoms with E-state index in [1.165, 1.54) is 0 Å². The lowest BCUT2D eigenvalue weighted by atomic mass is 10.0. The van der Waals surface area contributed by atoms with E-state index in [9.17, 15) is 0 Å². The van der Waals surface area contributed by atoms with Crippen molar-refractivity contribution >= 4 is 28.1 Å². The number of hydrogen-bond donors (Lipinski definition) is 1. The Morgan fingerprint density at radius 3 is 2.23 bits per heavy atom. The molecule has 0 saturated heterocycles. The first-order valence-electron chi connectivity index (χ1n) is 8.96. The van der Waals surface area contributed by atoms with Crippen molar-refractivity contribution in [3.05, 3.63) is 44.5 Å². The summed E-state index contributed by atoms with van der Waals surface area (Å²) in [6.07, 6.45) is 0.582. The Morgan fingerprint density at radius 2 is 1.63 bits per heavy atom. The fourth-order valence-corrected chi connectivity index (χ4v) is 4.13.